The first-order valence-corrected chi connectivity index (χ1v) is 28.4. The maximum atomic E-state index is 7.15. The van der Waals surface area contributed by atoms with E-state index in [1.165, 1.54) is 60.1 Å². The van der Waals surface area contributed by atoms with Gasteiger partial charge in [-0.1, -0.05) is 195 Å². The molecule has 17 rings (SSSR count). The van der Waals surface area contributed by atoms with Gasteiger partial charge < -0.3 is 13.4 Å². The second-order valence-corrected chi connectivity index (χ2v) is 22.3. The number of aliphatic imine (C=N–C) groups is 2. The molecule has 1 unspecified atom stereocenters. The van der Waals surface area contributed by atoms with Crippen molar-refractivity contribution in [1.29, 1.82) is 0 Å². The van der Waals surface area contributed by atoms with Crippen LogP contribution in [0.2, 0.25) is 0 Å². The van der Waals surface area contributed by atoms with E-state index in [0.29, 0.717) is 12.3 Å². The molecule has 382 valence electrons. The third-order valence-corrected chi connectivity index (χ3v) is 17.7. The molecular formula is C76H51N3O2. The summed E-state index contributed by atoms with van der Waals surface area (Å²) in [4.78, 5) is 12.0. The number of allylic oxidation sites excluding steroid dienone is 1. The van der Waals surface area contributed by atoms with E-state index in [1.807, 2.05) is 6.07 Å². The fourth-order valence-corrected chi connectivity index (χ4v) is 13.8. The van der Waals surface area contributed by atoms with Gasteiger partial charge in [0.15, 0.2) is 5.84 Å². The Morgan fingerprint density at radius 1 is 0.420 bits per heavy atom. The Labute approximate surface area is 467 Å². The van der Waals surface area contributed by atoms with Crippen LogP contribution in [0.1, 0.15) is 59.1 Å². The van der Waals surface area contributed by atoms with E-state index < -0.39 is 0 Å². The van der Waals surface area contributed by atoms with Gasteiger partial charge in [-0.25, -0.2) is 9.98 Å². The minimum atomic E-state index is -0.0814. The fraction of sp³-hybridized carbons (Fsp3) is 0.0789. The van der Waals surface area contributed by atoms with Crippen LogP contribution in [0.15, 0.2) is 261 Å². The molecule has 15 aromatic rings. The van der Waals surface area contributed by atoms with E-state index in [9.17, 15) is 0 Å². The van der Waals surface area contributed by atoms with Crippen molar-refractivity contribution in [2.75, 3.05) is 0 Å². The van der Waals surface area contributed by atoms with Crippen LogP contribution in [0, 0.1) is 5.92 Å². The summed E-state index contributed by atoms with van der Waals surface area (Å²) in [5, 5.41) is 13.7. The van der Waals surface area contributed by atoms with Gasteiger partial charge in [-0.05, 0) is 129 Å². The number of hydrogen-bond donors (Lipinski definition) is 0. The van der Waals surface area contributed by atoms with Crippen LogP contribution in [-0.2, 0) is 6.42 Å². The van der Waals surface area contributed by atoms with E-state index in [2.05, 4.69) is 248 Å². The second-order valence-electron chi connectivity index (χ2n) is 22.3. The van der Waals surface area contributed by atoms with Gasteiger partial charge in [0, 0.05) is 66.2 Å². The van der Waals surface area contributed by atoms with E-state index in [4.69, 9.17) is 18.8 Å². The molecule has 1 aliphatic carbocycles. The van der Waals surface area contributed by atoms with Gasteiger partial charge in [-0.3, -0.25) is 0 Å². The number of rotatable bonds is 5. The zero-order chi connectivity index (χ0) is 53.3. The third kappa shape index (κ3) is 7.18. The molecule has 2 atom stereocenters. The van der Waals surface area contributed by atoms with E-state index in [1.54, 1.807) is 0 Å². The quantitative estimate of drug-likeness (QED) is 0.172. The Bertz CT molecular complexity index is 5150. The molecule has 0 fully saturated rings. The molecule has 0 amide bonds. The van der Waals surface area contributed by atoms with Crippen molar-refractivity contribution < 1.29 is 8.83 Å². The van der Waals surface area contributed by atoms with Gasteiger partial charge in [-0.15, -0.1) is 0 Å². The van der Waals surface area contributed by atoms with Crippen LogP contribution in [-0.4, -0.2) is 16.1 Å². The first kappa shape index (κ1) is 45.9. The molecule has 3 aromatic heterocycles. The smallest absolute Gasteiger partial charge is 0.160 e. The average molecular weight is 1040 g/mol. The summed E-state index contributed by atoms with van der Waals surface area (Å²) < 4.78 is 16.5. The van der Waals surface area contributed by atoms with Gasteiger partial charge in [-0.2, -0.15) is 0 Å². The summed E-state index contributed by atoms with van der Waals surface area (Å²) in [5.74, 6) is 0.809. The molecule has 81 heavy (non-hydrogen) atoms. The standard InChI is InChI=1S/C76H51N3O2/c1-45-33-38-67(62-31-16-29-59-58-27-13-14-32-71(58)80-75(59)62)77-76(61-30-15-28-56-55-26-12-11-25-54(55)52(36-37-57(56)61)46-17-3-2-4-18-46)78-73(45)66-44-72-65(60-35-34-47-19-9-10-24-53(47)74(60)81-72)43-70(66)79-68-41-50-22-7-5-20-48(50)39-63(68)64-40-49-21-6-8-23-51(49)42-69(64)79/h2-32,34-35,38-45,52H,33,36-37H2,1H3/b67-38+,77-76-,78-73+/t45?,52-/m0/s1. The molecule has 0 bridgehead atoms. The lowest BCUT2D eigenvalue weighted by Gasteiger charge is -2.23. The number of para-hydroxylation sites is 2. The number of furan rings is 2. The Morgan fingerprint density at radius 2 is 1.02 bits per heavy atom. The molecule has 5 heteroatoms. The summed E-state index contributed by atoms with van der Waals surface area (Å²) >= 11 is 0. The highest BCUT2D eigenvalue weighted by atomic mass is 16.3. The zero-order valence-corrected chi connectivity index (χ0v) is 44.5. The third-order valence-electron chi connectivity index (χ3n) is 17.7. The summed E-state index contributed by atoms with van der Waals surface area (Å²) in [7, 11) is 0. The van der Waals surface area contributed by atoms with E-state index in [0.717, 1.165) is 112 Å². The Morgan fingerprint density at radius 3 is 1.81 bits per heavy atom. The average Bonchev–Trinajstić information content (AvgIpc) is 4.05. The van der Waals surface area contributed by atoms with Crippen LogP contribution in [0.3, 0.4) is 0 Å². The molecule has 0 N–H and O–H groups in total. The van der Waals surface area contributed by atoms with E-state index >= 15 is 0 Å². The van der Waals surface area contributed by atoms with E-state index in [-0.39, 0.29) is 11.8 Å². The summed E-state index contributed by atoms with van der Waals surface area (Å²) in [5.41, 5.74) is 17.9. The number of nitrogens with zero attached hydrogens (tertiary/aromatic N) is 3. The van der Waals surface area contributed by atoms with Crippen LogP contribution in [0.4, 0.5) is 0 Å². The van der Waals surface area contributed by atoms with Crippen molar-refractivity contribution in [3.05, 3.63) is 276 Å². The zero-order valence-electron chi connectivity index (χ0n) is 44.5. The number of aromatic nitrogens is 1. The summed E-state index contributed by atoms with van der Waals surface area (Å²) in [6.07, 6.45) is 4.77. The largest absolute Gasteiger partial charge is 0.455 e. The number of hydrogen-bond acceptors (Lipinski definition) is 4. The maximum absolute atomic E-state index is 7.15. The maximum Gasteiger partial charge on any atom is 0.160 e. The fourth-order valence-electron chi connectivity index (χ4n) is 13.8. The van der Waals surface area contributed by atoms with Crippen molar-refractivity contribution >= 4 is 115 Å². The predicted molar refractivity (Wildman–Crippen MR) is 338 cm³/mol. The van der Waals surface area contributed by atoms with Crippen LogP contribution >= 0.6 is 0 Å². The molecule has 0 spiro atoms. The van der Waals surface area contributed by atoms with Gasteiger partial charge in [0.2, 0.25) is 0 Å². The van der Waals surface area contributed by atoms with Crippen molar-refractivity contribution in [3.8, 4) is 16.8 Å². The van der Waals surface area contributed by atoms with Gasteiger partial charge in [0.25, 0.3) is 0 Å². The predicted octanol–water partition coefficient (Wildman–Crippen LogP) is 20.1. The number of fused-ring (bicyclic) bond motifs is 16. The van der Waals surface area contributed by atoms with Gasteiger partial charge >= 0.3 is 0 Å². The lowest BCUT2D eigenvalue weighted by molar-refractivity contribution is 0.667. The first-order chi connectivity index (χ1) is 40.1. The normalized spacial score (nSPS) is 17.7. The topological polar surface area (TPSA) is 55.9 Å². The van der Waals surface area contributed by atoms with Crippen molar-refractivity contribution in [1.82, 2.24) is 4.57 Å². The number of amidine groups is 1. The minimum Gasteiger partial charge on any atom is -0.455 e. The minimum absolute atomic E-state index is 0.0814. The molecule has 12 aromatic carbocycles. The van der Waals surface area contributed by atoms with Gasteiger partial charge in [0.05, 0.1) is 28.1 Å². The molecule has 2 aliphatic rings. The molecule has 0 saturated heterocycles. The summed E-state index contributed by atoms with van der Waals surface area (Å²) in [6, 6.07) is 86.3. The molecular weight excluding hydrogens is 987 g/mol. The van der Waals surface area contributed by atoms with Crippen molar-refractivity contribution in [3.63, 3.8) is 0 Å². The summed E-state index contributed by atoms with van der Waals surface area (Å²) in [6.45, 7) is 2.33. The monoisotopic (exact) mass is 1040 g/mol. The molecule has 0 saturated carbocycles. The molecule has 5 nitrogen and oxygen atoms in total. The molecule has 0 radical (unpaired) electrons. The Balaban J connectivity index is 0.968. The Kier molecular flexibility index (Phi) is 10.2. The first-order valence-electron chi connectivity index (χ1n) is 28.4. The van der Waals surface area contributed by atoms with Crippen molar-refractivity contribution in [2.24, 2.45) is 15.9 Å². The lowest BCUT2D eigenvalue weighted by Crippen LogP contribution is -2.20. The number of benzene rings is 12. The van der Waals surface area contributed by atoms with Crippen LogP contribution in [0.5, 0.6) is 0 Å². The highest BCUT2D eigenvalue weighted by Gasteiger charge is 2.30. The molecule has 1 aliphatic heterocycles. The van der Waals surface area contributed by atoms with Crippen LogP contribution in [0.25, 0.3) is 121 Å². The van der Waals surface area contributed by atoms with Crippen molar-refractivity contribution in [2.45, 2.75) is 32.1 Å². The van der Waals surface area contributed by atoms with Crippen LogP contribution < -0.4 is 0 Å². The second kappa shape index (κ2) is 18.0. The van der Waals surface area contributed by atoms with Gasteiger partial charge in [0.1, 0.15) is 22.3 Å². The molecule has 4 heterocycles. The Hall–Kier alpha value is -10.1. The highest BCUT2D eigenvalue weighted by molar-refractivity contribution is 6.23. The SMILES string of the molecule is CC1C/C=C(c2cccc3c2oc2ccccc23)/N=C(c2cccc3c2CC[C@@H](c2ccccc2)c2ccccc2-3)\N=C/1c1cc2oc3c4ccccc4ccc3c2cc1-n1c2cc3ccccc3cc2c2cc3ccccc3cc21. The highest BCUT2D eigenvalue weighted by Crippen LogP contribution is 2.46. The lowest BCUT2D eigenvalue weighted by atomic mass is 9.86.